The average Bonchev–Trinajstić information content (AvgIpc) is 2.48. The molecular weight excluding hydrogens is 260 g/mol. The number of carbonyl (C=O) groups excluding carboxylic acids is 2. The largest absolute Gasteiger partial charge is 0.338 e. The molecule has 0 radical (unpaired) electrons. The molecule has 0 aromatic carbocycles. The summed E-state index contributed by atoms with van der Waals surface area (Å²) in [6, 6.07) is -0.489. The van der Waals surface area contributed by atoms with Crippen molar-refractivity contribution in [3.8, 4) is 0 Å². The number of hydrogen-bond acceptors (Lipinski definition) is 4. The first kappa shape index (κ1) is 14.9. The number of imide groups is 1. The van der Waals surface area contributed by atoms with E-state index < -0.39 is 21.9 Å². The van der Waals surface area contributed by atoms with E-state index in [1.807, 2.05) is 0 Å². The molecule has 104 valence electrons. The van der Waals surface area contributed by atoms with Crippen molar-refractivity contribution in [3.05, 3.63) is 0 Å². The van der Waals surface area contributed by atoms with E-state index in [-0.39, 0.29) is 18.9 Å². The molecular formula is C10H18N2O5S. The van der Waals surface area contributed by atoms with E-state index in [1.165, 1.54) is 4.90 Å². The van der Waals surface area contributed by atoms with Crippen LogP contribution in [0.1, 0.15) is 32.1 Å². The molecule has 0 aromatic rings. The van der Waals surface area contributed by atoms with Gasteiger partial charge >= 0.3 is 6.03 Å². The van der Waals surface area contributed by atoms with Crippen LogP contribution in [0.3, 0.4) is 0 Å². The molecule has 1 heterocycles. The van der Waals surface area contributed by atoms with E-state index in [9.17, 15) is 18.0 Å². The van der Waals surface area contributed by atoms with Gasteiger partial charge in [0, 0.05) is 19.5 Å². The normalized spacial score (nSPS) is 17.4. The Morgan fingerprint density at radius 2 is 2.06 bits per heavy atom. The molecule has 0 atom stereocenters. The SMILES string of the molecule is O=C1CCCCCN1C(=O)NCCCS(=O)(=O)O. The summed E-state index contributed by atoms with van der Waals surface area (Å²) in [7, 11) is -4.00. The zero-order chi connectivity index (χ0) is 13.6. The minimum Gasteiger partial charge on any atom is -0.338 e. The number of nitrogens with zero attached hydrogens (tertiary/aromatic N) is 1. The van der Waals surface area contributed by atoms with E-state index in [4.69, 9.17) is 4.55 Å². The van der Waals surface area contributed by atoms with Crippen LogP contribution >= 0.6 is 0 Å². The van der Waals surface area contributed by atoms with Gasteiger partial charge in [0.25, 0.3) is 10.1 Å². The van der Waals surface area contributed by atoms with Crippen molar-refractivity contribution in [2.45, 2.75) is 32.1 Å². The van der Waals surface area contributed by atoms with Crippen molar-refractivity contribution >= 4 is 22.1 Å². The van der Waals surface area contributed by atoms with Crippen molar-refractivity contribution in [2.24, 2.45) is 0 Å². The van der Waals surface area contributed by atoms with Crippen LogP contribution in [0.4, 0.5) is 4.79 Å². The highest BCUT2D eigenvalue weighted by Gasteiger charge is 2.22. The van der Waals surface area contributed by atoms with Gasteiger partial charge in [0.1, 0.15) is 0 Å². The summed E-state index contributed by atoms with van der Waals surface area (Å²) in [6.45, 7) is 0.519. The van der Waals surface area contributed by atoms with E-state index in [2.05, 4.69) is 5.32 Å². The zero-order valence-electron chi connectivity index (χ0n) is 10.1. The second-order valence-corrected chi connectivity index (χ2v) is 5.80. The van der Waals surface area contributed by atoms with Crippen LogP contribution < -0.4 is 5.32 Å². The first-order valence-corrected chi connectivity index (χ1v) is 7.54. The Labute approximate surface area is 106 Å². The fraction of sp³-hybridized carbons (Fsp3) is 0.800. The van der Waals surface area contributed by atoms with Gasteiger partial charge < -0.3 is 5.32 Å². The lowest BCUT2D eigenvalue weighted by Crippen LogP contribution is -2.44. The Bertz CT molecular complexity index is 406. The highest BCUT2D eigenvalue weighted by molar-refractivity contribution is 7.85. The lowest BCUT2D eigenvalue weighted by atomic mass is 10.2. The number of nitrogens with one attached hydrogen (secondary N) is 1. The first-order valence-electron chi connectivity index (χ1n) is 5.93. The number of urea groups is 1. The van der Waals surface area contributed by atoms with Gasteiger partial charge in [-0.1, -0.05) is 6.42 Å². The molecule has 18 heavy (non-hydrogen) atoms. The van der Waals surface area contributed by atoms with Crippen LogP contribution in [-0.2, 0) is 14.9 Å². The maximum atomic E-state index is 11.7. The van der Waals surface area contributed by atoms with E-state index in [0.717, 1.165) is 19.3 Å². The molecule has 1 aliphatic heterocycles. The maximum absolute atomic E-state index is 11.7. The number of rotatable bonds is 4. The molecule has 3 amide bonds. The lowest BCUT2D eigenvalue weighted by molar-refractivity contribution is -0.127. The number of amides is 3. The Morgan fingerprint density at radius 3 is 2.72 bits per heavy atom. The Morgan fingerprint density at radius 1 is 1.33 bits per heavy atom. The summed E-state index contributed by atoms with van der Waals surface area (Å²) in [5.74, 6) is -0.596. The van der Waals surface area contributed by atoms with Crippen molar-refractivity contribution in [2.75, 3.05) is 18.8 Å². The minimum absolute atomic E-state index is 0.113. The van der Waals surface area contributed by atoms with E-state index in [0.29, 0.717) is 13.0 Å². The van der Waals surface area contributed by atoms with Gasteiger partial charge in [-0.15, -0.1) is 0 Å². The van der Waals surface area contributed by atoms with Crippen molar-refractivity contribution in [1.82, 2.24) is 10.2 Å². The average molecular weight is 278 g/mol. The van der Waals surface area contributed by atoms with Crippen LogP contribution in [0.5, 0.6) is 0 Å². The topological polar surface area (TPSA) is 104 Å². The van der Waals surface area contributed by atoms with Gasteiger partial charge in [-0.2, -0.15) is 8.42 Å². The van der Waals surface area contributed by atoms with Crippen molar-refractivity contribution < 1.29 is 22.6 Å². The first-order chi connectivity index (χ1) is 8.40. The smallest absolute Gasteiger partial charge is 0.324 e. The van der Waals surface area contributed by atoms with E-state index in [1.54, 1.807) is 0 Å². The predicted octanol–water partition coefficient (Wildman–Crippen LogP) is 0.377. The number of likely N-dealkylation sites (tertiary alicyclic amines) is 1. The summed E-state index contributed by atoms with van der Waals surface area (Å²) >= 11 is 0. The molecule has 0 saturated carbocycles. The highest BCUT2D eigenvalue weighted by Crippen LogP contribution is 2.10. The van der Waals surface area contributed by atoms with Crippen molar-refractivity contribution in [3.63, 3.8) is 0 Å². The summed E-state index contributed by atoms with van der Waals surface area (Å²) in [6.07, 6.45) is 3.01. The zero-order valence-corrected chi connectivity index (χ0v) is 10.9. The monoisotopic (exact) mass is 278 g/mol. The standard InChI is InChI=1S/C10H18N2O5S/c13-9-5-2-1-3-7-12(9)10(14)11-6-4-8-18(15,16)17/h1-8H2,(H,11,14)(H,15,16,17). The van der Waals surface area contributed by atoms with Gasteiger partial charge in [0.2, 0.25) is 5.91 Å². The van der Waals surface area contributed by atoms with Crippen LogP contribution in [0.15, 0.2) is 0 Å². The van der Waals surface area contributed by atoms with Gasteiger partial charge in [0.15, 0.2) is 0 Å². The molecule has 1 fully saturated rings. The van der Waals surface area contributed by atoms with Gasteiger partial charge in [0.05, 0.1) is 5.75 Å². The molecule has 0 unspecified atom stereocenters. The van der Waals surface area contributed by atoms with Crippen molar-refractivity contribution in [1.29, 1.82) is 0 Å². The van der Waals surface area contributed by atoms with Gasteiger partial charge in [-0.05, 0) is 19.3 Å². The second-order valence-electron chi connectivity index (χ2n) is 4.23. The predicted molar refractivity (Wildman–Crippen MR) is 64.6 cm³/mol. The molecule has 2 N–H and O–H groups in total. The Balaban J connectivity index is 2.33. The minimum atomic E-state index is -4.00. The van der Waals surface area contributed by atoms with E-state index >= 15 is 0 Å². The molecule has 0 bridgehead atoms. The quantitative estimate of drug-likeness (QED) is 0.571. The van der Waals surface area contributed by atoms with Crippen LogP contribution in [0.2, 0.25) is 0 Å². The van der Waals surface area contributed by atoms with Crippen LogP contribution in [-0.4, -0.2) is 48.7 Å². The molecule has 0 aliphatic carbocycles. The summed E-state index contributed by atoms with van der Waals surface area (Å²) < 4.78 is 29.4. The fourth-order valence-corrected chi connectivity index (χ4v) is 2.25. The molecule has 0 aromatic heterocycles. The fourth-order valence-electron chi connectivity index (χ4n) is 1.74. The Kier molecular flexibility index (Phi) is 5.54. The lowest BCUT2D eigenvalue weighted by Gasteiger charge is -2.18. The molecule has 8 heteroatoms. The molecule has 1 saturated heterocycles. The van der Waals surface area contributed by atoms with Gasteiger partial charge in [-0.25, -0.2) is 4.79 Å². The third-order valence-electron chi connectivity index (χ3n) is 2.67. The number of hydrogen-bond donors (Lipinski definition) is 2. The van der Waals surface area contributed by atoms with Crippen LogP contribution in [0.25, 0.3) is 0 Å². The highest BCUT2D eigenvalue weighted by atomic mass is 32.2. The molecule has 7 nitrogen and oxygen atoms in total. The molecule has 1 aliphatic rings. The third kappa shape index (κ3) is 5.46. The molecule has 1 rings (SSSR count). The Hall–Kier alpha value is -1.15. The summed E-state index contributed by atoms with van der Waals surface area (Å²) in [4.78, 5) is 24.4. The summed E-state index contributed by atoms with van der Waals surface area (Å²) in [5, 5.41) is 2.47. The second kappa shape index (κ2) is 6.69. The third-order valence-corrected chi connectivity index (χ3v) is 3.48. The van der Waals surface area contributed by atoms with Gasteiger partial charge in [-0.3, -0.25) is 14.2 Å². The number of carbonyl (C=O) groups is 2. The molecule has 0 spiro atoms. The van der Waals surface area contributed by atoms with Crippen LogP contribution in [0, 0.1) is 0 Å². The maximum Gasteiger partial charge on any atom is 0.324 e. The summed E-state index contributed by atoms with van der Waals surface area (Å²) in [5.41, 5.74) is 0.